The van der Waals surface area contributed by atoms with Gasteiger partial charge in [-0.15, -0.1) is 0 Å². The molecule has 16 heavy (non-hydrogen) atoms. The zero-order valence-electron chi connectivity index (χ0n) is 10.5. The monoisotopic (exact) mass is 229 g/mol. The van der Waals surface area contributed by atoms with Gasteiger partial charge in [-0.3, -0.25) is 9.69 Å². The van der Waals surface area contributed by atoms with Crippen LogP contribution in [0.2, 0.25) is 0 Å². The van der Waals surface area contributed by atoms with Gasteiger partial charge in [0.2, 0.25) is 0 Å². The molecular weight excluding hydrogens is 206 g/mol. The first-order valence-corrected chi connectivity index (χ1v) is 6.13. The lowest BCUT2D eigenvalue weighted by molar-refractivity contribution is -0.149. The molecule has 0 spiro atoms. The third kappa shape index (κ3) is 3.46. The molecule has 0 amide bonds. The van der Waals surface area contributed by atoms with Gasteiger partial charge in [0.25, 0.3) is 0 Å². The molecule has 1 unspecified atom stereocenters. The van der Waals surface area contributed by atoms with E-state index in [2.05, 4.69) is 4.90 Å². The number of likely N-dealkylation sites (N-methyl/N-ethyl adjacent to an activating group) is 1. The minimum atomic E-state index is -0.141. The molecule has 0 bridgehead atoms. The Morgan fingerprint density at radius 2 is 2.12 bits per heavy atom. The molecule has 4 nitrogen and oxygen atoms in total. The third-order valence-electron chi connectivity index (χ3n) is 3.23. The summed E-state index contributed by atoms with van der Waals surface area (Å²) in [6.07, 6.45) is 2.37. The van der Waals surface area contributed by atoms with E-state index < -0.39 is 0 Å². The maximum atomic E-state index is 11.7. The second kappa shape index (κ2) is 6.21. The maximum Gasteiger partial charge on any atom is 0.323 e. The van der Waals surface area contributed by atoms with Crippen molar-refractivity contribution < 1.29 is 14.6 Å². The largest absolute Gasteiger partial charge is 0.465 e. The Morgan fingerprint density at radius 3 is 2.56 bits per heavy atom. The number of ether oxygens (including phenoxy) is 1. The number of carbonyl (C=O) groups is 1. The van der Waals surface area contributed by atoms with Gasteiger partial charge in [0.05, 0.1) is 12.7 Å². The van der Waals surface area contributed by atoms with Gasteiger partial charge < -0.3 is 9.84 Å². The van der Waals surface area contributed by atoms with E-state index in [0.29, 0.717) is 12.5 Å². The Kier molecular flexibility index (Phi) is 5.22. The predicted octanol–water partition coefficient (Wildman–Crippen LogP) is 1.03. The quantitative estimate of drug-likeness (QED) is 0.691. The highest BCUT2D eigenvalue weighted by molar-refractivity contribution is 5.75. The molecule has 94 valence electrons. The third-order valence-corrected chi connectivity index (χ3v) is 3.23. The van der Waals surface area contributed by atoms with Crippen LogP contribution in [0, 0.1) is 5.92 Å². The molecule has 0 saturated heterocycles. The number of rotatable bonds is 6. The molecule has 1 rings (SSSR count). The van der Waals surface area contributed by atoms with Gasteiger partial charge in [-0.05, 0) is 39.2 Å². The molecule has 0 aromatic heterocycles. The van der Waals surface area contributed by atoms with Crippen molar-refractivity contribution in [2.24, 2.45) is 5.92 Å². The number of nitrogens with zero attached hydrogens (tertiary/aromatic N) is 1. The first-order valence-electron chi connectivity index (χ1n) is 6.13. The molecule has 0 heterocycles. The zero-order valence-corrected chi connectivity index (χ0v) is 10.5. The highest BCUT2D eigenvalue weighted by Crippen LogP contribution is 2.28. The Morgan fingerprint density at radius 1 is 1.50 bits per heavy atom. The van der Waals surface area contributed by atoms with Crippen LogP contribution in [-0.2, 0) is 9.53 Å². The van der Waals surface area contributed by atoms with Crippen LogP contribution in [-0.4, -0.2) is 48.3 Å². The van der Waals surface area contributed by atoms with Crippen molar-refractivity contribution in [3.8, 4) is 0 Å². The number of esters is 1. The van der Waals surface area contributed by atoms with Crippen LogP contribution in [0.1, 0.15) is 33.1 Å². The summed E-state index contributed by atoms with van der Waals surface area (Å²) in [5.74, 6) is 0.399. The van der Waals surface area contributed by atoms with Crippen LogP contribution >= 0.6 is 0 Å². The van der Waals surface area contributed by atoms with Crippen LogP contribution in [0.4, 0.5) is 0 Å². The summed E-state index contributed by atoms with van der Waals surface area (Å²) in [5.41, 5.74) is 0. The van der Waals surface area contributed by atoms with Crippen molar-refractivity contribution in [1.82, 2.24) is 4.90 Å². The van der Waals surface area contributed by atoms with Crippen LogP contribution in [0.3, 0.4) is 0 Å². The van der Waals surface area contributed by atoms with Gasteiger partial charge in [0.15, 0.2) is 0 Å². The number of hydrogen-bond donors (Lipinski definition) is 1. The number of aliphatic hydroxyl groups is 1. The summed E-state index contributed by atoms with van der Waals surface area (Å²) in [7, 11) is 1.95. The molecular formula is C12H23NO3. The van der Waals surface area contributed by atoms with Crippen molar-refractivity contribution >= 4 is 5.97 Å². The fourth-order valence-electron chi connectivity index (χ4n) is 2.28. The van der Waals surface area contributed by atoms with E-state index in [-0.39, 0.29) is 18.1 Å². The van der Waals surface area contributed by atoms with E-state index in [1.54, 1.807) is 0 Å². The summed E-state index contributed by atoms with van der Waals surface area (Å²) in [5, 5.41) is 9.21. The van der Waals surface area contributed by atoms with Gasteiger partial charge in [0.1, 0.15) is 6.04 Å². The molecule has 1 atom stereocenters. The standard InChI is InChI=1S/C12H23NO3/c1-4-11(12(15)16-5-2)13(3)8-9-6-10(14)7-9/h9-11,14H,4-8H2,1-3H3. The number of hydrogen-bond acceptors (Lipinski definition) is 4. The summed E-state index contributed by atoms with van der Waals surface area (Å²) < 4.78 is 5.04. The Hall–Kier alpha value is -0.610. The SMILES string of the molecule is CCOC(=O)C(CC)N(C)CC1CC(O)C1. The Balaban J connectivity index is 2.36. The van der Waals surface area contributed by atoms with Crippen molar-refractivity contribution in [3.05, 3.63) is 0 Å². The van der Waals surface area contributed by atoms with Crippen LogP contribution in [0.15, 0.2) is 0 Å². The summed E-state index contributed by atoms with van der Waals surface area (Å²) in [6, 6.07) is -0.141. The van der Waals surface area contributed by atoms with Crippen molar-refractivity contribution in [2.45, 2.75) is 45.3 Å². The molecule has 0 aromatic carbocycles. The van der Waals surface area contributed by atoms with Crippen LogP contribution in [0.25, 0.3) is 0 Å². The molecule has 1 fully saturated rings. The van der Waals surface area contributed by atoms with E-state index in [4.69, 9.17) is 4.74 Å². The van der Waals surface area contributed by atoms with Gasteiger partial charge >= 0.3 is 5.97 Å². The van der Waals surface area contributed by atoms with Gasteiger partial charge in [0, 0.05) is 6.54 Å². The fraction of sp³-hybridized carbons (Fsp3) is 0.917. The predicted molar refractivity (Wildman–Crippen MR) is 62.1 cm³/mol. The van der Waals surface area contributed by atoms with Crippen molar-refractivity contribution in [3.63, 3.8) is 0 Å². The Bertz CT molecular complexity index is 226. The van der Waals surface area contributed by atoms with Gasteiger partial charge in [-0.2, -0.15) is 0 Å². The number of carbonyl (C=O) groups excluding carboxylic acids is 1. The second-order valence-corrected chi connectivity index (χ2v) is 4.61. The van der Waals surface area contributed by atoms with E-state index in [0.717, 1.165) is 25.8 Å². The average Bonchev–Trinajstić information content (AvgIpc) is 2.17. The van der Waals surface area contributed by atoms with Crippen molar-refractivity contribution in [1.29, 1.82) is 0 Å². The van der Waals surface area contributed by atoms with Crippen molar-refractivity contribution in [2.75, 3.05) is 20.2 Å². The Labute approximate surface area is 97.6 Å². The lowest BCUT2D eigenvalue weighted by Crippen LogP contribution is -2.45. The maximum absolute atomic E-state index is 11.7. The smallest absolute Gasteiger partial charge is 0.323 e. The van der Waals surface area contributed by atoms with Crippen LogP contribution < -0.4 is 0 Å². The lowest BCUT2D eigenvalue weighted by atomic mass is 9.82. The lowest BCUT2D eigenvalue weighted by Gasteiger charge is -2.36. The summed E-state index contributed by atoms with van der Waals surface area (Å²) in [6.45, 7) is 5.13. The highest BCUT2D eigenvalue weighted by Gasteiger charge is 2.31. The van der Waals surface area contributed by atoms with E-state index in [1.807, 2.05) is 20.9 Å². The molecule has 0 aromatic rings. The fourth-order valence-corrected chi connectivity index (χ4v) is 2.28. The minimum absolute atomic E-state index is 0.124. The van der Waals surface area contributed by atoms with Gasteiger partial charge in [-0.1, -0.05) is 6.92 Å². The molecule has 0 aliphatic heterocycles. The average molecular weight is 229 g/mol. The zero-order chi connectivity index (χ0) is 12.1. The first kappa shape index (κ1) is 13.5. The van der Waals surface area contributed by atoms with Crippen LogP contribution in [0.5, 0.6) is 0 Å². The minimum Gasteiger partial charge on any atom is -0.465 e. The van der Waals surface area contributed by atoms with E-state index in [9.17, 15) is 9.90 Å². The molecule has 0 radical (unpaired) electrons. The molecule has 1 aliphatic carbocycles. The van der Waals surface area contributed by atoms with Gasteiger partial charge in [-0.25, -0.2) is 0 Å². The molecule has 1 saturated carbocycles. The highest BCUT2D eigenvalue weighted by atomic mass is 16.5. The molecule has 1 aliphatic rings. The molecule has 1 N–H and O–H groups in total. The normalized spacial score (nSPS) is 26.3. The topological polar surface area (TPSA) is 49.8 Å². The molecule has 4 heteroatoms. The van der Waals surface area contributed by atoms with E-state index in [1.165, 1.54) is 0 Å². The first-order chi connectivity index (χ1) is 7.58. The summed E-state index contributed by atoms with van der Waals surface area (Å²) >= 11 is 0. The van der Waals surface area contributed by atoms with E-state index >= 15 is 0 Å². The second-order valence-electron chi connectivity index (χ2n) is 4.61. The summed E-state index contributed by atoms with van der Waals surface area (Å²) in [4.78, 5) is 13.7. The number of aliphatic hydroxyl groups excluding tert-OH is 1.